The molecule has 2 fully saturated rings. The van der Waals surface area contributed by atoms with Gasteiger partial charge in [-0.1, -0.05) is 6.07 Å². The van der Waals surface area contributed by atoms with Crippen molar-refractivity contribution in [3.8, 4) is 0 Å². The van der Waals surface area contributed by atoms with E-state index in [1.165, 1.54) is 0 Å². The molecule has 1 aromatic heterocycles. The Hall–Kier alpha value is -1.91. The van der Waals surface area contributed by atoms with Gasteiger partial charge in [0.2, 0.25) is 11.8 Å². The van der Waals surface area contributed by atoms with Gasteiger partial charge in [0, 0.05) is 25.2 Å². The van der Waals surface area contributed by atoms with E-state index in [1.54, 1.807) is 6.20 Å². The third-order valence-electron chi connectivity index (χ3n) is 4.19. The summed E-state index contributed by atoms with van der Waals surface area (Å²) >= 11 is 0. The van der Waals surface area contributed by atoms with Crippen molar-refractivity contribution in [3.05, 3.63) is 23.9 Å². The van der Waals surface area contributed by atoms with Gasteiger partial charge >= 0.3 is 0 Å². The topological polar surface area (TPSA) is 62.3 Å². The molecule has 0 spiro atoms. The highest BCUT2D eigenvalue weighted by molar-refractivity contribution is 5.92. The number of pyridine rings is 1. The van der Waals surface area contributed by atoms with Crippen LogP contribution >= 0.6 is 0 Å². The average Bonchev–Trinajstić information content (AvgIpc) is 3.34. The van der Waals surface area contributed by atoms with Crippen LogP contribution in [-0.2, 0) is 9.59 Å². The monoisotopic (exact) mass is 287 g/mol. The fraction of sp³-hybridized carbons (Fsp3) is 0.562. The highest BCUT2D eigenvalue weighted by Crippen LogP contribution is 2.32. The first-order chi connectivity index (χ1) is 10.1. The second-order valence-electron chi connectivity index (χ2n) is 6.11. The Morgan fingerprint density at radius 1 is 1.24 bits per heavy atom. The summed E-state index contributed by atoms with van der Waals surface area (Å²) in [5.74, 6) is 0.895. The van der Waals surface area contributed by atoms with Gasteiger partial charge in [0.05, 0.1) is 5.92 Å². The Morgan fingerprint density at radius 2 is 2.05 bits per heavy atom. The summed E-state index contributed by atoms with van der Waals surface area (Å²) in [6.45, 7) is 3.30. The number of aryl methyl sites for hydroxylation is 1. The number of hydrogen-bond donors (Lipinski definition) is 1. The van der Waals surface area contributed by atoms with Crippen LogP contribution in [0.3, 0.4) is 0 Å². The van der Waals surface area contributed by atoms with E-state index in [4.69, 9.17) is 0 Å². The first-order valence-electron chi connectivity index (χ1n) is 7.66. The van der Waals surface area contributed by atoms with Crippen molar-refractivity contribution in [2.24, 2.45) is 11.8 Å². The zero-order valence-corrected chi connectivity index (χ0v) is 12.3. The minimum atomic E-state index is -0.121. The lowest BCUT2D eigenvalue weighted by Crippen LogP contribution is -2.44. The molecule has 21 heavy (non-hydrogen) atoms. The predicted molar refractivity (Wildman–Crippen MR) is 79.6 cm³/mol. The Labute approximate surface area is 124 Å². The molecule has 2 aliphatic rings. The van der Waals surface area contributed by atoms with E-state index in [0.717, 1.165) is 37.8 Å². The molecule has 1 aliphatic heterocycles. The Morgan fingerprint density at radius 3 is 2.71 bits per heavy atom. The Bertz CT molecular complexity index is 537. The molecule has 2 amide bonds. The van der Waals surface area contributed by atoms with Crippen LogP contribution in [0.2, 0.25) is 0 Å². The van der Waals surface area contributed by atoms with Crippen LogP contribution in [0.4, 0.5) is 5.82 Å². The number of aromatic nitrogens is 1. The number of piperidine rings is 1. The van der Waals surface area contributed by atoms with Gasteiger partial charge < -0.3 is 10.2 Å². The highest BCUT2D eigenvalue weighted by atomic mass is 16.2. The van der Waals surface area contributed by atoms with Gasteiger partial charge in [-0.2, -0.15) is 0 Å². The number of nitrogens with zero attached hydrogens (tertiary/aromatic N) is 2. The van der Waals surface area contributed by atoms with E-state index in [0.29, 0.717) is 12.4 Å². The van der Waals surface area contributed by atoms with Gasteiger partial charge in [-0.05, 0) is 44.2 Å². The van der Waals surface area contributed by atoms with Gasteiger partial charge in [0.1, 0.15) is 5.82 Å². The Kier molecular flexibility index (Phi) is 3.90. The number of rotatable bonds is 3. The molecule has 0 bridgehead atoms. The summed E-state index contributed by atoms with van der Waals surface area (Å²) in [6.07, 6.45) is 5.50. The van der Waals surface area contributed by atoms with Crippen molar-refractivity contribution in [2.75, 3.05) is 18.4 Å². The van der Waals surface area contributed by atoms with Gasteiger partial charge in [-0.25, -0.2) is 4.98 Å². The minimum Gasteiger partial charge on any atom is -0.342 e. The number of amides is 2. The molecular formula is C16H21N3O2. The van der Waals surface area contributed by atoms with Gasteiger partial charge in [-0.3, -0.25) is 9.59 Å². The number of likely N-dealkylation sites (tertiary alicyclic amines) is 1. The van der Waals surface area contributed by atoms with Crippen LogP contribution in [0, 0.1) is 18.8 Å². The molecule has 0 radical (unpaired) electrons. The van der Waals surface area contributed by atoms with Gasteiger partial charge in [0.15, 0.2) is 0 Å². The molecule has 0 aromatic carbocycles. The summed E-state index contributed by atoms with van der Waals surface area (Å²) < 4.78 is 0. The second-order valence-corrected chi connectivity index (χ2v) is 6.11. The van der Waals surface area contributed by atoms with Crippen molar-refractivity contribution in [1.82, 2.24) is 9.88 Å². The zero-order valence-electron chi connectivity index (χ0n) is 12.3. The SMILES string of the molecule is Cc1ccc(NC(=O)C2CCCN(C(=O)C3CC3)C2)nc1. The van der Waals surface area contributed by atoms with Crippen molar-refractivity contribution >= 4 is 17.6 Å². The van der Waals surface area contributed by atoms with Crippen molar-refractivity contribution in [1.29, 1.82) is 0 Å². The number of nitrogens with one attached hydrogen (secondary N) is 1. The number of hydrogen-bond acceptors (Lipinski definition) is 3. The number of carbonyl (C=O) groups is 2. The standard InChI is InChI=1S/C16H21N3O2/c1-11-4-7-14(17-9-11)18-15(20)13-3-2-8-19(10-13)16(21)12-5-6-12/h4,7,9,12-13H,2-3,5-6,8,10H2,1H3,(H,17,18,20). The van der Waals surface area contributed by atoms with Crippen molar-refractivity contribution in [3.63, 3.8) is 0 Å². The number of carbonyl (C=O) groups excluding carboxylic acids is 2. The molecule has 5 heteroatoms. The largest absolute Gasteiger partial charge is 0.342 e. The van der Waals surface area contributed by atoms with Crippen LogP contribution in [-0.4, -0.2) is 34.8 Å². The first kappa shape index (κ1) is 14.0. The molecule has 5 nitrogen and oxygen atoms in total. The molecule has 1 atom stereocenters. The third kappa shape index (κ3) is 3.40. The summed E-state index contributed by atoms with van der Waals surface area (Å²) in [6, 6.07) is 3.73. The summed E-state index contributed by atoms with van der Waals surface area (Å²) in [5.41, 5.74) is 1.06. The van der Waals surface area contributed by atoms with E-state index in [2.05, 4.69) is 10.3 Å². The van der Waals surface area contributed by atoms with Crippen molar-refractivity contribution < 1.29 is 9.59 Å². The van der Waals surface area contributed by atoms with Crippen LogP contribution in [0.1, 0.15) is 31.2 Å². The molecule has 3 rings (SSSR count). The molecule has 1 aliphatic carbocycles. The lowest BCUT2D eigenvalue weighted by molar-refractivity contribution is -0.135. The maximum absolute atomic E-state index is 12.3. The lowest BCUT2D eigenvalue weighted by Gasteiger charge is -2.32. The van der Waals surface area contributed by atoms with E-state index < -0.39 is 0 Å². The average molecular weight is 287 g/mol. The molecule has 2 heterocycles. The summed E-state index contributed by atoms with van der Waals surface area (Å²) in [4.78, 5) is 30.5. The predicted octanol–water partition coefficient (Wildman–Crippen LogP) is 1.98. The molecule has 1 saturated heterocycles. The van der Waals surface area contributed by atoms with E-state index in [1.807, 2.05) is 24.0 Å². The van der Waals surface area contributed by atoms with Gasteiger partial charge in [-0.15, -0.1) is 0 Å². The molecule has 1 unspecified atom stereocenters. The fourth-order valence-corrected chi connectivity index (χ4v) is 2.75. The molecular weight excluding hydrogens is 266 g/mol. The van der Waals surface area contributed by atoms with E-state index in [-0.39, 0.29) is 23.7 Å². The quantitative estimate of drug-likeness (QED) is 0.924. The summed E-state index contributed by atoms with van der Waals surface area (Å²) in [5, 5.41) is 2.86. The van der Waals surface area contributed by atoms with E-state index >= 15 is 0 Å². The van der Waals surface area contributed by atoms with Crippen molar-refractivity contribution in [2.45, 2.75) is 32.6 Å². The van der Waals surface area contributed by atoms with Crippen LogP contribution in [0.5, 0.6) is 0 Å². The maximum atomic E-state index is 12.3. The Balaban J connectivity index is 1.58. The third-order valence-corrected chi connectivity index (χ3v) is 4.19. The fourth-order valence-electron chi connectivity index (χ4n) is 2.75. The van der Waals surface area contributed by atoms with Gasteiger partial charge in [0.25, 0.3) is 0 Å². The lowest BCUT2D eigenvalue weighted by atomic mass is 9.96. The normalized spacial score (nSPS) is 22.0. The molecule has 1 N–H and O–H groups in total. The first-order valence-corrected chi connectivity index (χ1v) is 7.66. The second kappa shape index (κ2) is 5.84. The summed E-state index contributed by atoms with van der Waals surface area (Å²) in [7, 11) is 0. The molecule has 1 aromatic rings. The minimum absolute atomic E-state index is 0.0281. The highest BCUT2D eigenvalue weighted by Gasteiger charge is 2.36. The van der Waals surface area contributed by atoms with Crippen LogP contribution in [0.25, 0.3) is 0 Å². The number of anilines is 1. The van der Waals surface area contributed by atoms with Crippen LogP contribution in [0.15, 0.2) is 18.3 Å². The van der Waals surface area contributed by atoms with Crippen LogP contribution < -0.4 is 5.32 Å². The molecule has 112 valence electrons. The van der Waals surface area contributed by atoms with E-state index in [9.17, 15) is 9.59 Å². The molecule has 1 saturated carbocycles. The maximum Gasteiger partial charge on any atom is 0.230 e. The smallest absolute Gasteiger partial charge is 0.230 e. The zero-order chi connectivity index (χ0) is 14.8.